The van der Waals surface area contributed by atoms with E-state index in [9.17, 15) is 13.2 Å². The van der Waals surface area contributed by atoms with Gasteiger partial charge in [-0.15, -0.1) is 0 Å². The fraction of sp³-hybridized carbons (Fsp3) is 0.462. The summed E-state index contributed by atoms with van der Waals surface area (Å²) in [6, 6.07) is 2.96. The molecule has 23 heavy (non-hydrogen) atoms. The maximum Gasteiger partial charge on any atom is 0.238 e. The molecule has 0 saturated carbocycles. The monoisotopic (exact) mass is 399 g/mol. The predicted molar refractivity (Wildman–Crippen MR) is 93.0 cm³/mol. The maximum absolute atomic E-state index is 12.1. The largest absolute Gasteiger partial charge is 0.324 e. The van der Waals surface area contributed by atoms with Crippen LogP contribution in [0.5, 0.6) is 0 Å². The molecule has 128 valence electrons. The van der Waals surface area contributed by atoms with Crippen molar-refractivity contribution in [3.63, 3.8) is 0 Å². The van der Waals surface area contributed by atoms with Crippen molar-refractivity contribution in [1.29, 1.82) is 0 Å². The van der Waals surface area contributed by atoms with Gasteiger partial charge < -0.3 is 5.32 Å². The molecule has 0 radical (unpaired) electrons. The van der Waals surface area contributed by atoms with Gasteiger partial charge in [0, 0.05) is 26.2 Å². The molecule has 2 rings (SSSR count). The summed E-state index contributed by atoms with van der Waals surface area (Å²) in [5, 5.41) is 3.59. The van der Waals surface area contributed by atoms with E-state index in [1.165, 1.54) is 22.7 Å². The number of carbonyl (C=O) groups excluding carboxylic acids is 1. The molecule has 1 saturated heterocycles. The standard InChI is InChI=1S/C13H16Cl3N3O3S/c1-23(21,22)19-4-2-18(3-5-19)8-13(20)17-12-7-10(15)9(14)6-11(12)16/h6-7H,2-5,8H2,1H3,(H,17,20). The second-order valence-corrected chi connectivity index (χ2v) is 8.44. The number of nitrogens with zero attached hydrogens (tertiary/aromatic N) is 2. The van der Waals surface area contributed by atoms with E-state index in [-0.39, 0.29) is 12.5 Å². The molecule has 1 aromatic carbocycles. The third-order valence-electron chi connectivity index (χ3n) is 3.45. The summed E-state index contributed by atoms with van der Waals surface area (Å²) >= 11 is 17.8. The average molecular weight is 401 g/mol. The minimum absolute atomic E-state index is 0.147. The van der Waals surface area contributed by atoms with Gasteiger partial charge in [0.05, 0.1) is 33.6 Å². The minimum atomic E-state index is -3.18. The van der Waals surface area contributed by atoms with E-state index < -0.39 is 10.0 Å². The van der Waals surface area contributed by atoms with Crippen LogP contribution < -0.4 is 5.32 Å². The van der Waals surface area contributed by atoms with Crippen LogP contribution in [-0.4, -0.2) is 62.5 Å². The number of piperazine rings is 1. The summed E-state index contributed by atoms with van der Waals surface area (Å²) in [7, 11) is -3.18. The van der Waals surface area contributed by atoms with Crippen LogP contribution in [-0.2, 0) is 14.8 Å². The molecule has 1 aliphatic heterocycles. The highest BCUT2D eigenvalue weighted by Gasteiger charge is 2.24. The number of hydrogen-bond donors (Lipinski definition) is 1. The lowest BCUT2D eigenvalue weighted by Crippen LogP contribution is -2.50. The van der Waals surface area contributed by atoms with Crippen molar-refractivity contribution >= 4 is 56.4 Å². The number of carbonyl (C=O) groups is 1. The van der Waals surface area contributed by atoms with E-state index in [0.29, 0.717) is 46.9 Å². The SMILES string of the molecule is CS(=O)(=O)N1CCN(CC(=O)Nc2cc(Cl)c(Cl)cc2Cl)CC1. The number of nitrogens with one attached hydrogen (secondary N) is 1. The number of amides is 1. The Kier molecular flexibility index (Phi) is 6.16. The number of halogens is 3. The highest BCUT2D eigenvalue weighted by molar-refractivity contribution is 7.88. The molecule has 1 amide bonds. The molecular weight excluding hydrogens is 385 g/mol. The van der Waals surface area contributed by atoms with Crippen LogP contribution in [0.3, 0.4) is 0 Å². The predicted octanol–water partition coefficient (Wildman–Crippen LogP) is 2.16. The molecule has 10 heteroatoms. The Bertz CT molecular complexity index is 704. The van der Waals surface area contributed by atoms with Crippen LogP contribution in [0, 0.1) is 0 Å². The van der Waals surface area contributed by atoms with E-state index in [1.54, 1.807) is 0 Å². The van der Waals surface area contributed by atoms with Gasteiger partial charge in [0.25, 0.3) is 0 Å². The zero-order valence-corrected chi connectivity index (χ0v) is 15.4. The summed E-state index contributed by atoms with van der Waals surface area (Å²) in [6.07, 6.45) is 1.18. The molecule has 0 unspecified atom stereocenters. The molecule has 1 fully saturated rings. The number of sulfonamides is 1. The summed E-state index contributed by atoms with van der Waals surface area (Å²) < 4.78 is 24.3. The van der Waals surface area contributed by atoms with Gasteiger partial charge in [-0.2, -0.15) is 4.31 Å². The van der Waals surface area contributed by atoms with Crippen molar-refractivity contribution in [2.45, 2.75) is 0 Å². The molecule has 1 N–H and O–H groups in total. The van der Waals surface area contributed by atoms with Gasteiger partial charge in [-0.3, -0.25) is 9.69 Å². The summed E-state index contributed by atoms with van der Waals surface area (Å²) in [5.41, 5.74) is 0.390. The Hall–Kier alpha value is -0.570. The Morgan fingerprint density at radius 2 is 1.65 bits per heavy atom. The van der Waals surface area contributed by atoms with Crippen molar-refractivity contribution < 1.29 is 13.2 Å². The van der Waals surface area contributed by atoms with Gasteiger partial charge in [-0.05, 0) is 12.1 Å². The first-order chi connectivity index (χ1) is 10.7. The van der Waals surface area contributed by atoms with Crippen molar-refractivity contribution in [2.75, 3.05) is 44.3 Å². The molecule has 0 aliphatic carbocycles. The second-order valence-electron chi connectivity index (χ2n) is 5.23. The van der Waals surface area contributed by atoms with Crippen molar-refractivity contribution in [2.24, 2.45) is 0 Å². The van der Waals surface area contributed by atoms with Crippen molar-refractivity contribution in [1.82, 2.24) is 9.21 Å². The molecule has 1 aliphatic rings. The normalized spacial score (nSPS) is 17.2. The molecule has 0 spiro atoms. The van der Waals surface area contributed by atoms with E-state index in [2.05, 4.69) is 5.32 Å². The number of rotatable bonds is 4. The Labute approximate surface area is 150 Å². The maximum atomic E-state index is 12.1. The summed E-state index contributed by atoms with van der Waals surface area (Å²) in [5.74, 6) is -0.252. The molecule has 6 nitrogen and oxygen atoms in total. The minimum Gasteiger partial charge on any atom is -0.324 e. The second kappa shape index (κ2) is 7.55. The number of hydrogen-bond acceptors (Lipinski definition) is 4. The molecule has 0 aromatic heterocycles. The zero-order valence-electron chi connectivity index (χ0n) is 12.4. The van der Waals surface area contributed by atoms with Crippen LogP contribution in [0.1, 0.15) is 0 Å². The van der Waals surface area contributed by atoms with Crippen LogP contribution in [0.2, 0.25) is 15.1 Å². The van der Waals surface area contributed by atoms with Crippen LogP contribution in [0.25, 0.3) is 0 Å². The van der Waals surface area contributed by atoms with Crippen LogP contribution in [0.4, 0.5) is 5.69 Å². The lowest BCUT2D eigenvalue weighted by atomic mass is 10.3. The first-order valence-corrected chi connectivity index (χ1v) is 9.77. The third kappa shape index (κ3) is 5.20. The molecule has 1 heterocycles. The van der Waals surface area contributed by atoms with E-state index >= 15 is 0 Å². The van der Waals surface area contributed by atoms with Gasteiger partial charge in [0.2, 0.25) is 15.9 Å². The van der Waals surface area contributed by atoms with Crippen LogP contribution >= 0.6 is 34.8 Å². The topological polar surface area (TPSA) is 69.7 Å². The van der Waals surface area contributed by atoms with E-state index in [1.807, 2.05) is 4.90 Å². The Morgan fingerprint density at radius 1 is 1.09 bits per heavy atom. The fourth-order valence-electron chi connectivity index (χ4n) is 2.23. The average Bonchev–Trinajstić information content (AvgIpc) is 2.44. The first-order valence-electron chi connectivity index (χ1n) is 6.78. The quantitative estimate of drug-likeness (QED) is 0.786. The molecule has 0 atom stereocenters. The fourth-order valence-corrected chi connectivity index (χ4v) is 3.65. The Morgan fingerprint density at radius 3 is 2.22 bits per heavy atom. The lowest BCUT2D eigenvalue weighted by Gasteiger charge is -2.32. The lowest BCUT2D eigenvalue weighted by molar-refractivity contribution is -0.117. The number of benzene rings is 1. The highest BCUT2D eigenvalue weighted by atomic mass is 35.5. The van der Waals surface area contributed by atoms with Gasteiger partial charge in [0.15, 0.2) is 0 Å². The van der Waals surface area contributed by atoms with Gasteiger partial charge >= 0.3 is 0 Å². The van der Waals surface area contributed by atoms with Gasteiger partial charge in [-0.1, -0.05) is 34.8 Å². The zero-order chi connectivity index (χ0) is 17.2. The Balaban J connectivity index is 1.90. The van der Waals surface area contributed by atoms with Crippen LogP contribution in [0.15, 0.2) is 12.1 Å². The van der Waals surface area contributed by atoms with Gasteiger partial charge in [0.1, 0.15) is 0 Å². The van der Waals surface area contributed by atoms with Crippen molar-refractivity contribution in [3.05, 3.63) is 27.2 Å². The highest BCUT2D eigenvalue weighted by Crippen LogP contribution is 2.32. The van der Waals surface area contributed by atoms with Gasteiger partial charge in [-0.25, -0.2) is 8.42 Å². The third-order valence-corrected chi connectivity index (χ3v) is 5.79. The number of anilines is 1. The molecular formula is C13H16Cl3N3O3S. The first kappa shape index (κ1) is 18.8. The van der Waals surface area contributed by atoms with E-state index in [4.69, 9.17) is 34.8 Å². The van der Waals surface area contributed by atoms with Crippen molar-refractivity contribution in [3.8, 4) is 0 Å². The molecule has 0 bridgehead atoms. The summed E-state index contributed by atoms with van der Waals surface area (Å²) in [4.78, 5) is 14.0. The smallest absolute Gasteiger partial charge is 0.238 e. The molecule has 1 aromatic rings. The summed E-state index contributed by atoms with van der Waals surface area (Å²) in [6.45, 7) is 1.89. The van der Waals surface area contributed by atoms with E-state index in [0.717, 1.165) is 0 Å².